The van der Waals surface area contributed by atoms with Gasteiger partial charge >= 0.3 is 0 Å². The maximum absolute atomic E-state index is 12.6. The van der Waals surface area contributed by atoms with Crippen LogP contribution in [0.2, 0.25) is 0 Å². The maximum atomic E-state index is 12.6. The van der Waals surface area contributed by atoms with Gasteiger partial charge in [-0.1, -0.05) is 33.3 Å². The third-order valence-electron chi connectivity index (χ3n) is 6.60. The summed E-state index contributed by atoms with van der Waals surface area (Å²) in [7, 11) is 3.14. The molecule has 1 atom stereocenters. The molecule has 0 aliphatic heterocycles. The van der Waals surface area contributed by atoms with Crippen molar-refractivity contribution in [3.63, 3.8) is 0 Å². The topological polar surface area (TPSA) is 90.7 Å². The molecular formula is C25H32N2O4S. The molecular weight excluding hydrogens is 424 g/mol. The van der Waals surface area contributed by atoms with Gasteiger partial charge in [-0.05, 0) is 59.9 Å². The zero-order valence-electron chi connectivity index (χ0n) is 19.4. The second-order valence-corrected chi connectivity index (χ2v) is 9.90. The largest absolute Gasteiger partial charge is 0.493 e. The Hall–Kier alpha value is -2.80. The van der Waals surface area contributed by atoms with E-state index in [0.717, 1.165) is 41.7 Å². The molecule has 0 saturated carbocycles. The minimum atomic E-state index is -0.491. The van der Waals surface area contributed by atoms with Gasteiger partial charge in [-0.3, -0.25) is 9.59 Å². The number of fused-ring (bicyclic) bond motifs is 1. The van der Waals surface area contributed by atoms with Gasteiger partial charge in [0, 0.05) is 11.0 Å². The van der Waals surface area contributed by atoms with Crippen molar-refractivity contribution in [2.75, 3.05) is 19.5 Å². The normalized spacial score (nSPS) is 16.0. The fraction of sp³-hybridized carbons (Fsp3) is 0.440. The van der Waals surface area contributed by atoms with E-state index in [-0.39, 0.29) is 11.3 Å². The van der Waals surface area contributed by atoms with E-state index < -0.39 is 5.91 Å². The molecule has 3 N–H and O–H groups in total. The van der Waals surface area contributed by atoms with Crippen molar-refractivity contribution in [1.82, 2.24) is 0 Å². The lowest BCUT2D eigenvalue weighted by atomic mass is 9.69. The van der Waals surface area contributed by atoms with Crippen LogP contribution in [0.25, 0.3) is 6.08 Å². The molecule has 0 fully saturated rings. The third-order valence-corrected chi connectivity index (χ3v) is 7.77. The number of nitrogens with one attached hydrogen (secondary N) is 1. The average molecular weight is 457 g/mol. The van der Waals surface area contributed by atoms with E-state index in [1.165, 1.54) is 17.4 Å². The van der Waals surface area contributed by atoms with Gasteiger partial charge in [0.05, 0.1) is 19.8 Å². The molecule has 0 spiro atoms. The minimum Gasteiger partial charge on any atom is -0.493 e. The number of benzene rings is 1. The Morgan fingerprint density at radius 1 is 1.25 bits per heavy atom. The Morgan fingerprint density at radius 3 is 2.59 bits per heavy atom. The van der Waals surface area contributed by atoms with Gasteiger partial charge in [0.25, 0.3) is 5.91 Å². The summed E-state index contributed by atoms with van der Waals surface area (Å²) >= 11 is 1.48. The minimum absolute atomic E-state index is 0.236. The Balaban J connectivity index is 1.80. The monoisotopic (exact) mass is 456 g/mol. The summed E-state index contributed by atoms with van der Waals surface area (Å²) in [5.74, 6) is 0.949. The van der Waals surface area contributed by atoms with Gasteiger partial charge in [-0.25, -0.2) is 0 Å². The summed E-state index contributed by atoms with van der Waals surface area (Å²) < 4.78 is 10.5. The van der Waals surface area contributed by atoms with E-state index >= 15 is 0 Å². The fourth-order valence-corrected chi connectivity index (χ4v) is 5.51. The SMILES string of the molecule is CCC(C)(C)C1CCc2c(sc(NC(=O)C=Cc3ccc(OC)c(OC)c3)c2C(N)=O)C1. The molecule has 1 heterocycles. The predicted octanol–water partition coefficient (Wildman–Crippen LogP) is 5.06. The van der Waals surface area contributed by atoms with Gasteiger partial charge in [-0.15, -0.1) is 11.3 Å². The van der Waals surface area contributed by atoms with Crippen LogP contribution < -0.4 is 20.5 Å². The van der Waals surface area contributed by atoms with Crippen molar-refractivity contribution < 1.29 is 19.1 Å². The predicted molar refractivity (Wildman–Crippen MR) is 130 cm³/mol. The molecule has 1 aromatic carbocycles. The van der Waals surface area contributed by atoms with E-state index in [9.17, 15) is 9.59 Å². The van der Waals surface area contributed by atoms with Crippen molar-refractivity contribution in [3.05, 3.63) is 45.8 Å². The number of carbonyl (C=O) groups excluding carboxylic acids is 2. The van der Waals surface area contributed by atoms with Crippen LogP contribution in [-0.2, 0) is 17.6 Å². The smallest absolute Gasteiger partial charge is 0.251 e. The highest BCUT2D eigenvalue weighted by Gasteiger charge is 2.34. The first-order valence-corrected chi connectivity index (χ1v) is 11.7. The van der Waals surface area contributed by atoms with Crippen molar-refractivity contribution >= 4 is 34.2 Å². The van der Waals surface area contributed by atoms with Gasteiger partial charge in [0.15, 0.2) is 11.5 Å². The fourth-order valence-electron chi connectivity index (χ4n) is 4.17. The molecule has 2 aromatic rings. The number of carbonyl (C=O) groups is 2. The first kappa shape index (κ1) is 23.9. The number of hydrogen-bond acceptors (Lipinski definition) is 5. The molecule has 1 aromatic heterocycles. The molecule has 172 valence electrons. The van der Waals surface area contributed by atoms with Crippen LogP contribution in [0.3, 0.4) is 0 Å². The van der Waals surface area contributed by atoms with Crippen LogP contribution in [0.4, 0.5) is 5.00 Å². The summed E-state index contributed by atoms with van der Waals surface area (Å²) in [5.41, 5.74) is 8.20. The highest BCUT2D eigenvalue weighted by Crippen LogP contribution is 2.45. The van der Waals surface area contributed by atoms with Crippen molar-refractivity contribution in [2.45, 2.75) is 46.5 Å². The molecule has 32 heavy (non-hydrogen) atoms. The Bertz CT molecular complexity index is 1040. The quantitative estimate of drug-likeness (QED) is 0.544. The molecule has 7 heteroatoms. The van der Waals surface area contributed by atoms with Crippen LogP contribution >= 0.6 is 11.3 Å². The van der Waals surface area contributed by atoms with E-state index in [4.69, 9.17) is 15.2 Å². The Morgan fingerprint density at radius 2 is 1.97 bits per heavy atom. The number of methoxy groups -OCH3 is 2. The molecule has 0 saturated heterocycles. The first-order valence-electron chi connectivity index (χ1n) is 10.9. The second kappa shape index (κ2) is 9.77. The van der Waals surface area contributed by atoms with Crippen LogP contribution in [0.1, 0.15) is 60.0 Å². The van der Waals surface area contributed by atoms with E-state index in [1.54, 1.807) is 32.4 Å². The number of thiophene rings is 1. The molecule has 3 rings (SSSR count). The number of amides is 2. The summed E-state index contributed by atoms with van der Waals surface area (Å²) in [6, 6.07) is 5.40. The van der Waals surface area contributed by atoms with Crippen molar-refractivity contribution in [1.29, 1.82) is 0 Å². The lowest BCUT2D eigenvalue weighted by Gasteiger charge is -2.36. The van der Waals surface area contributed by atoms with E-state index in [0.29, 0.717) is 28.0 Å². The summed E-state index contributed by atoms with van der Waals surface area (Å²) in [6.45, 7) is 6.81. The summed E-state index contributed by atoms with van der Waals surface area (Å²) in [4.78, 5) is 26.0. The summed E-state index contributed by atoms with van der Waals surface area (Å²) in [6.07, 6.45) is 6.99. The maximum Gasteiger partial charge on any atom is 0.251 e. The average Bonchev–Trinajstić information content (AvgIpc) is 3.14. The number of anilines is 1. The summed E-state index contributed by atoms with van der Waals surface area (Å²) in [5, 5.41) is 3.42. The number of ether oxygens (including phenoxy) is 2. The number of nitrogens with two attached hydrogens (primary N) is 1. The standard InChI is InChI=1S/C25H32N2O4S/c1-6-25(2,3)16-9-10-17-20(14-16)32-24(22(17)23(26)29)27-21(28)12-8-15-7-11-18(30-4)19(13-15)31-5/h7-8,11-13,16H,6,9-10,14H2,1-5H3,(H2,26,29)(H,27,28). The second-order valence-electron chi connectivity index (χ2n) is 8.79. The molecule has 1 unspecified atom stereocenters. The zero-order chi connectivity index (χ0) is 23.5. The third kappa shape index (κ3) is 4.99. The van der Waals surface area contributed by atoms with Crippen LogP contribution in [0, 0.1) is 11.3 Å². The van der Waals surface area contributed by atoms with Crippen molar-refractivity contribution in [2.24, 2.45) is 17.1 Å². The number of hydrogen-bond donors (Lipinski definition) is 2. The lowest BCUT2D eigenvalue weighted by molar-refractivity contribution is -0.111. The van der Waals surface area contributed by atoms with Gasteiger partial charge < -0.3 is 20.5 Å². The first-order chi connectivity index (χ1) is 15.2. The molecule has 1 aliphatic rings. The molecule has 2 amide bonds. The van der Waals surface area contributed by atoms with Crippen LogP contribution in [0.5, 0.6) is 11.5 Å². The van der Waals surface area contributed by atoms with Gasteiger partial charge in [0.1, 0.15) is 5.00 Å². The lowest BCUT2D eigenvalue weighted by Crippen LogP contribution is -2.29. The van der Waals surface area contributed by atoms with Gasteiger partial charge in [-0.2, -0.15) is 0 Å². The van der Waals surface area contributed by atoms with Gasteiger partial charge in [0.2, 0.25) is 5.91 Å². The zero-order valence-corrected chi connectivity index (χ0v) is 20.2. The molecule has 0 radical (unpaired) electrons. The van der Waals surface area contributed by atoms with Crippen molar-refractivity contribution in [3.8, 4) is 11.5 Å². The highest BCUT2D eigenvalue weighted by atomic mass is 32.1. The molecule has 0 bridgehead atoms. The Labute approximate surface area is 193 Å². The van der Waals surface area contributed by atoms with E-state index in [2.05, 4.69) is 26.1 Å². The molecule has 6 nitrogen and oxygen atoms in total. The van der Waals surface area contributed by atoms with Crippen LogP contribution in [0.15, 0.2) is 24.3 Å². The highest BCUT2D eigenvalue weighted by molar-refractivity contribution is 7.17. The molecule has 1 aliphatic carbocycles. The van der Waals surface area contributed by atoms with E-state index in [1.807, 2.05) is 6.07 Å². The Kier molecular flexibility index (Phi) is 7.29. The number of primary amides is 1. The number of rotatable bonds is 8. The van der Waals surface area contributed by atoms with Crippen LogP contribution in [-0.4, -0.2) is 26.0 Å².